The summed E-state index contributed by atoms with van der Waals surface area (Å²) in [6.45, 7) is 0. The first kappa shape index (κ1) is 21.7. The van der Waals surface area contributed by atoms with E-state index in [1.807, 2.05) is 6.07 Å². The van der Waals surface area contributed by atoms with Crippen molar-refractivity contribution < 1.29 is 13.2 Å². The van der Waals surface area contributed by atoms with Crippen molar-refractivity contribution in [1.29, 1.82) is 0 Å². The molecule has 0 atom stereocenters. The Balaban J connectivity index is 1.95. The Morgan fingerprint density at radius 1 is 0.844 bits per heavy atom. The maximum Gasteiger partial charge on any atom is 0.316 e. The van der Waals surface area contributed by atoms with Gasteiger partial charge >= 0.3 is 11.1 Å². The third-order valence-corrected chi connectivity index (χ3v) is 6.80. The molecule has 164 valence electrons. The quantitative estimate of drug-likeness (QED) is 0.449. The van der Waals surface area contributed by atoms with E-state index in [1.54, 1.807) is 36.4 Å². The standard InChI is InChI=1S/C22H18ClN3O5S/c1-25-17-12-16(24-32(29,30)20-11-7-6-10-15(20)23)19(31-14-8-4-3-5-9-14)13-18(17)26(2)22(28)21(25)27/h3-13,24H,1-2H3. The van der Waals surface area contributed by atoms with Crippen molar-refractivity contribution in [1.82, 2.24) is 9.13 Å². The molecule has 0 spiro atoms. The molecule has 10 heteroatoms. The van der Waals surface area contributed by atoms with Gasteiger partial charge in [0.15, 0.2) is 5.75 Å². The summed E-state index contributed by atoms with van der Waals surface area (Å²) in [4.78, 5) is 24.4. The fourth-order valence-electron chi connectivity index (χ4n) is 3.24. The minimum Gasteiger partial charge on any atom is -0.455 e. The van der Waals surface area contributed by atoms with Gasteiger partial charge in [-0.3, -0.25) is 14.3 Å². The summed E-state index contributed by atoms with van der Waals surface area (Å²) in [5.74, 6) is 0.604. The second-order valence-corrected chi connectivity index (χ2v) is 9.07. The van der Waals surface area contributed by atoms with Crippen LogP contribution in [0.3, 0.4) is 0 Å². The Kier molecular flexibility index (Phi) is 5.53. The Morgan fingerprint density at radius 2 is 1.41 bits per heavy atom. The molecule has 0 unspecified atom stereocenters. The molecular weight excluding hydrogens is 454 g/mol. The van der Waals surface area contributed by atoms with Crippen LogP contribution in [0.2, 0.25) is 5.02 Å². The summed E-state index contributed by atoms with van der Waals surface area (Å²) in [6.07, 6.45) is 0. The molecule has 0 saturated carbocycles. The van der Waals surface area contributed by atoms with E-state index in [2.05, 4.69) is 4.72 Å². The van der Waals surface area contributed by atoms with Gasteiger partial charge in [0.25, 0.3) is 10.0 Å². The Hall–Kier alpha value is -3.56. The normalized spacial score (nSPS) is 11.5. The number of para-hydroxylation sites is 1. The number of aromatic nitrogens is 2. The van der Waals surface area contributed by atoms with Crippen LogP contribution in [0, 0.1) is 0 Å². The van der Waals surface area contributed by atoms with E-state index in [0.717, 1.165) is 4.57 Å². The Morgan fingerprint density at radius 3 is 2.03 bits per heavy atom. The molecule has 0 saturated heterocycles. The average molecular weight is 472 g/mol. The number of ether oxygens (including phenoxy) is 1. The minimum atomic E-state index is -4.09. The number of fused-ring (bicyclic) bond motifs is 1. The van der Waals surface area contributed by atoms with Gasteiger partial charge in [-0.15, -0.1) is 0 Å². The zero-order chi connectivity index (χ0) is 23.0. The molecule has 4 aromatic rings. The molecule has 0 fully saturated rings. The molecule has 1 heterocycles. The summed E-state index contributed by atoms with van der Waals surface area (Å²) >= 11 is 6.09. The number of nitrogens with one attached hydrogen (secondary N) is 1. The van der Waals surface area contributed by atoms with Crippen LogP contribution in [0.25, 0.3) is 11.0 Å². The van der Waals surface area contributed by atoms with Crippen molar-refractivity contribution in [2.45, 2.75) is 4.90 Å². The van der Waals surface area contributed by atoms with E-state index < -0.39 is 21.1 Å². The molecule has 4 rings (SSSR count). The van der Waals surface area contributed by atoms with Crippen molar-refractivity contribution in [2.75, 3.05) is 4.72 Å². The summed E-state index contributed by atoms with van der Waals surface area (Å²) in [7, 11) is -1.18. The molecule has 0 aliphatic carbocycles. The molecule has 0 bridgehead atoms. The van der Waals surface area contributed by atoms with E-state index in [1.165, 1.54) is 42.9 Å². The molecule has 1 N–H and O–H groups in total. The number of nitrogens with zero attached hydrogens (tertiary/aromatic N) is 2. The SMILES string of the molecule is Cn1c(=O)c(=O)n(C)c2cc(Oc3ccccc3)c(NS(=O)(=O)c3ccccc3Cl)cc21. The van der Waals surface area contributed by atoms with Crippen molar-refractivity contribution in [3.63, 3.8) is 0 Å². The van der Waals surface area contributed by atoms with Gasteiger partial charge in [0.1, 0.15) is 10.6 Å². The number of anilines is 1. The lowest BCUT2D eigenvalue weighted by Crippen LogP contribution is -2.39. The van der Waals surface area contributed by atoms with Crippen LogP contribution in [0.1, 0.15) is 0 Å². The van der Waals surface area contributed by atoms with Crippen LogP contribution in [-0.4, -0.2) is 17.6 Å². The predicted octanol–water partition coefficient (Wildman–Crippen LogP) is 3.48. The minimum absolute atomic E-state index is 0.0566. The predicted molar refractivity (Wildman–Crippen MR) is 123 cm³/mol. The summed E-state index contributed by atoms with van der Waals surface area (Å²) in [6, 6.07) is 17.7. The van der Waals surface area contributed by atoms with Crippen molar-refractivity contribution in [3.8, 4) is 11.5 Å². The van der Waals surface area contributed by atoms with Crippen LogP contribution >= 0.6 is 11.6 Å². The number of aryl methyl sites for hydroxylation is 2. The maximum atomic E-state index is 13.1. The van der Waals surface area contributed by atoms with E-state index in [-0.39, 0.29) is 21.4 Å². The van der Waals surface area contributed by atoms with Crippen LogP contribution < -0.4 is 20.6 Å². The van der Waals surface area contributed by atoms with Crippen molar-refractivity contribution >= 4 is 38.3 Å². The van der Waals surface area contributed by atoms with E-state index in [0.29, 0.717) is 16.8 Å². The topological polar surface area (TPSA) is 99.4 Å². The summed E-state index contributed by atoms with van der Waals surface area (Å²) in [5.41, 5.74) is -0.639. The highest BCUT2D eigenvalue weighted by Gasteiger charge is 2.22. The smallest absolute Gasteiger partial charge is 0.316 e. The van der Waals surface area contributed by atoms with E-state index >= 15 is 0 Å². The highest BCUT2D eigenvalue weighted by atomic mass is 35.5. The van der Waals surface area contributed by atoms with Crippen LogP contribution in [-0.2, 0) is 24.1 Å². The highest BCUT2D eigenvalue weighted by Crippen LogP contribution is 2.35. The van der Waals surface area contributed by atoms with Crippen molar-refractivity contribution in [2.24, 2.45) is 14.1 Å². The number of halogens is 1. The van der Waals surface area contributed by atoms with Crippen LogP contribution in [0.15, 0.2) is 81.2 Å². The van der Waals surface area contributed by atoms with Gasteiger partial charge in [0.2, 0.25) is 0 Å². The summed E-state index contributed by atoms with van der Waals surface area (Å²) < 4.78 is 36.9. The zero-order valence-corrected chi connectivity index (χ0v) is 18.6. The van der Waals surface area contributed by atoms with Crippen molar-refractivity contribution in [3.05, 3.63) is 92.5 Å². The first-order chi connectivity index (χ1) is 15.2. The summed E-state index contributed by atoms with van der Waals surface area (Å²) in [5, 5.41) is 0.0566. The first-order valence-electron chi connectivity index (χ1n) is 9.43. The Labute approximate surface area is 188 Å². The molecule has 0 aliphatic heterocycles. The van der Waals surface area contributed by atoms with Gasteiger partial charge in [0, 0.05) is 20.2 Å². The molecule has 8 nitrogen and oxygen atoms in total. The van der Waals surface area contributed by atoms with Gasteiger partial charge < -0.3 is 13.9 Å². The average Bonchev–Trinajstić information content (AvgIpc) is 2.77. The second kappa shape index (κ2) is 8.18. The van der Waals surface area contributed by atoms with Gasteiger partial charge in [-0.25, -0.2) is 8.42 Å². The molecule has 0 radical (unpaired) electrons. The van der Waals surface area contributed by atoms with Gasteiger partial charge in [-0.05, 0) is 30.3 Å². The zero-order valence-electron chi connectivity index (χ0n) is 17.1. The molecule has 3 aromatic carbocycles. The molecule has 32 heavy (non-hydrogen) atoms. The number of benzene rings is 3. The lowest BCUT2D eigenvalue weighted by Gasteiger charge is -2.17. The molecule has 1 aromatic heterocycles. The number of hydrogen-bond donors (Lipinski definition) is 1. The second-order valence-electron chi connectivity index (χ2n) is 7.02. The molecular formula is C22H18ClN3O5S. The Bertz CT molecular complexity index is 1560. The first-order valence-corrected chi connectivity index (χ1v) is 11.3. The van der Waals surface area contributed by atoms with Gasteiger partial charge in [-0.2, -0.15) is 0 Å². The number of hydrogen-bond acceptors (Lipinski definition) is 5. The highest BCUT2D eigenvalue weighted by molar-refractivity contribution is 7.92. The van der Waals surface area contributed by atoms with Gasteiger partial charge in [0.05, 0.1) is 21.7 Å². The monoisotopic (exact) mass is 471 g/mol. The van der Waals surface area contributed by atoms with Crippen LogP contribution in [0.4, 0.5) is 5.69 Å². The maximum absolute atomic E-state index is 13.1. The number of rotatable bonds is 5. The third kappa shape index (κ3) is 3.88. The lowest BCUT2D eigenvalue weighted by molar-refractivity contribution is 0.485. The largest absolute Gasteiger partial charge is 0.455 e. The van der Waals surface area contributed by atoms with E-state index in [9.17, 15) is 18.0 Å². The fraction of sp³-hybridized carbons (Fsp3) is 0.0909. The van der Waals surface area contributed by atoms with E-state index in [4.69, 9.17) is 16.3 Å². The lowest BCUT2D eigenvalue weighted by atomic mass is 10.2. The number of sulfonamides is 1. The molecule has 0 aliphatic rings. The van der Waals surface area contributed by atoms with Crippen LogP contribution in [0.5, 0.6) is 11.5 Å². The fourth-order valence-corrected chi connectivity index (χ4v) is 4.82. The molecule has 0 amide bonds. The van der Waals surface area contributed by atoms with Gasteiger partial charge in [-0.1, -0.05) is 41.9 Å². The third-order valence-electron chi connectivity index (χ3n) is 4.93.